The van der Waals surface area contributed by atoms with Gasteiger partial charge in [0.25, 0.3) is 0 Å². The van der Waals surface area contributed by atoms with Gasteiger partial charge in [0.05, 0.1) is 0 Å². The fourth-order valence-electron chi connectivity index (χ4n) is 4.06. The normalized spacial score (nSPS) is 26.4. The lowest BCUT2D eigenvalue weighted by atomic mass is 9.96. The van der Waals surface area contributed by atoms with Crippen LogP contribution in [-0.2, 0) is 0 Å². The summed E-state index contributed by atoms with van der Waals surface area (Å²) in [6.07, 6.45) is 7.19. The van der Waals surface area contributed by atoms with Gasteiger partial charge in [-0.3, -0.25) is 0 Å². The summed E-state index contributed by atoms with van der Waals surface area (Å²) in [5.74, 6) is 0. The third kappa shape index (κ3) is 2.43. The number of hydrogen-bond acceptors (Lipinski definition) is 1. The minimum atomic E-state index is 0.0931. The first-order chi connectivity index (χ1) is 10.6. The Morgan fingerprint density at radius 2 is 1.73 bits per heavy atom. The van der Waals surface area contributed by atoms with Crippen LogP contribution in [0.5, 0.6) is 0 Å². The van der Waals surface area contributed by atoms with E-state index in [9.17, 15) is 4.79 Å². The van der Waals surface area contributed by atoms with Gasteiger partial charge in [0.1, 0.15) is 0 Å². The van der Waals surface area contributed by atoms with E-state index in [1.807, 2.05) is 6.07 Å². The van der Waals surface area contributed by atoms with Crippen molar-refractivity contribution in [3.05, 3.63) is 40.5 Å². The number of nitrogens with zero attached hydrogens (tertiary/aromatic N) is 1. The molecule has 1 N–H and O–H groups in total. The highest BCUT2D eigenvalue weighted by Gasteiger charge is 2.42. The molecular weight excluding hydrogens is 272 g/mol. The highest BCUT2D eigenvalue weighted by molar-refractivity contribution is 5.90. The number of carbonyl (C=O) groups excluding carboxylic acids is 1. The molecule has 0 aromatic heterocycles. The second-order valence-electron chi connectivity index (χ2n) is 7.14. The number of aryl methyl sites for hydroxylation is 2. The molecule has 2 amide bonds. The van der Waals surface area contributed by atoms with E-state index >= 15 is 0 Å². The summed E-state index contributed by atoms with van der Waals surface area (Å²) in [5, 5.41) is 3.11. The highest BCUT2D eigenvalue weighted by atomic mass is 16.2. The standard InChI is InChI=1S/C19H24N2O/c1-12-3-6-16(9-13(12)2)20-19(22)21-17-7-8-18(21)11-15(10-17)14-4-5-14/h3,6,9,17-18H,4-5,7-8,10-11H2,1-2H3,(H,20,22). The van der Waals surface area contributed by atoms with Crippen LogP contribution in [0.25, 0.3) is 0 Å². The Labute approximate surface area is 132 Å². The van der Waals surface area contributed by atoms with Crippen LogP contribution in [-0.4, -0.2) is 23.0 Å². The van der Waals surface area contributed by atoms with Gasteiger partial charge in [0, 0.05) is 17.8 Å². The first-order valence-corrected chi connectivity index (χ1v) is 8.48. The van der Waals surface area contributed by atoms with Crippen LogP contribution >= 0.6 is 0 Å². The molecule has 116 valence electrons. The second-order valence-corrected chi connectivity index (χ2v) is 7.14. The minimum absolute atomic E-state index is 0.0931. The Morgan fingerprint density at radius 1 is 1.05 bits per heavy atom. The van der Waals surface area contributed by atoms with Gasteiger partial charge >= 0.3 is 6.03 Å². The number of anilines is 1. The number of hydrogen-bond donors (Lipinski definition) is 1. The molecule has 3 aliphatic rings. The fraction of sp³-hybridized carbons (Fsp3) is 0.526. The summed E-state index contributed by atoms with van der Waals surface area (Å²) in [4.78, 5) is 14.8. The lowest BCUT2D eigenvalue weighted by Crippen LogP contribution is -2.46. The molecule has 2 heterocycles. The van der Waals surface area contributed by atoms with Gasteiger partial charge in [-0.15, -0.1) is 0 Å². The Bertz CT molecular complexity index is 639. The zero-order valence-electron chi connectivity index (χ0n) is 13.5. The molecule has 2 aliphatic heterocycles. The summed E-state index contributed by atoms with van der Waals surface area (Å²) in [6.45, 7) is 4.18. The Kier molecular flexibility index (Phi) is 3.24. The van der Waals surface area contributed by atoms with Gasteiger partial charge < -0.3 is 10.2 Å². The van der Waals surface area contributed by atoms with Gasteiger partial charge in [-0.2, -0.15) is 0 Å². The predicted octanol–water partition coefficient (Wildman–Crippen LogP) is 4.55. The number of amides is 2. The molecule has 3 heteroatoms. The average molecular weight is 296 g/mol. The van der Waals surface area contributed by atoms with Crippen molar-refractivity contribution < 1.29 is 4.79 Å². The van der Waals surface area contributed by atoms with E-state index in [4.69, 9.17) is 0 Å². The summed E-state index contributed by atoms with van der Waals surface area (Å²) in [7, 11) is 0. The van der Waals surface area contributed by atoms with E-state index in [2.05, 4.69) is 36.2 Å². The molecule has 3 nitrogen and oxygen atoms in total. The number of carbonyl (C=O) groups is 1. The summed E-state index contributed by atoms with van der Waals surface area (Å²) < 4.78 is 0. The third-order valence-corrected chi connectivity index (χ3v) is 5.58. The quantitative estimate of drug-likeness (QED) is 0.757. The number of urea groups is 1. The predicted molar refractivity (Wildman–Crippen MR) is 89.1 cm³/mol. The van der Waals surface area contributed by atoms with Gasteiger partial charge in [0.15, 0.2) is 0 Å². The van der Waals surface area contributed by atoms with E-state index in [-0.39, 0.29) is 6.03 Å². The maximum atomic E-state index is 12.7. The zero-order valence-corrected chi connectivity index (χ0v) is 13.5. The molecule has 1 saturated carbocycles. The number of allylic oxidation sites excluding steroid dienone is 1. The first-order valence-electron chi connectivity index (χ1n) is 8.48. The van der Waals surface area contributed by atoms with Crippen LogP contribution in [0, 0.1) is 13.8 Å². The van der Waals surface area contributed by atoms with Crippen molar-refractivity contribution >= 4 is 11.7 Å². The van der Waals surface area contributed by atoms with Crippen molar-refractivity contribution in [2.75, 3.05) is 5.32 Å². The SMILES string of the molecule is Cc1ccc(NC(=O)N2C3CCC2CC(=C2CC2)C3)cc1C. The molecule has 22 heavy (non-hydrogen) atoms. The molecule has 1 aromatic rings. The molecule has 2 unspecified atom stereocenters. The van der Waals surface area contributed by atoms with Crippen molar-refractivity contribution in [2.45, 2.75) is 64.5 Å². The lowest BCUT2D eigenvalue weighted by molar-refractivity contribution is 0.173. The van der Waals surface area contributed by atoms with Gasteiger partial charge in [-0.1, -0.05) is 17.2 Å². The highest BCUT2D eigenvalue weighted by Crippen LogP contribution is 2.44. The summed E-state index contributed by atoms with van der Waals surface area (Å²) in [5.41, 5.74) is 6.75. The molecule has 2 atom stereocenters. The lowest BCUT2D eigenvalue weighted by Gasteiger charge is -2.36. The van der Waals surface area contributed by atoms with E-state index in [0.717, 1.165) is 18.5 Å². The first kappa shape index (κ1) is 13.9. The largest absolute Gasteiger partial charge is 0.322 e. The molecule has 4 rings (SSSR count). The van der Waals surface area contributed by atoms with Crippen molar-refractivity contribution in [1.29, 1.82) is 0 Å². The Balaban J connectivity index is 1.49. The maximum Gasteiger partial charge on any atom is 0.322 e. The molecule has 0 spiro atoms. The Hall–Kier alpha value is -1.77. The molecule has 1 aliphatic carbocycles. The van der Waals surface area contributed by atoms with E-state index < -0.39 is 0 Å². The molecule has 2 saturated heterocycles. The molecule has 0 radical (unpaired) electrons. The fourth-order valence-corrected chi connectivity index (χ4v) is 4.06. The number of piperidine rings is 1. The third-order valence-electron chi connectivity index (χ3n) is 5.58. The monoisotopic (exact) mass is 296 g/mol. The molecule has 1 aromatic carbocycles. The van der Waals surface area contributed by atoms with Crippen molar-refractivity contribution in [2.24, 2.45) is 0 Å². The van der Waals surface area contributed by atoms with Crippen molar-refractivity contribution in [1.82, 2.24) is 4.90 Å². The van der Waals surface area contributed by atoms with Crippen molar-refractivity contribution in [3.8, 4) is 0 Å². The number of nitrogens with one attached hydrogen (secondary N) is 1. The second kappa shape index (κ2) is 5.15. The van der Waals surface area contributed by atoms with E-state index in [0.29, 0.717) is 12.1 Å². The molecule has 2 bridgehead atoms. The molecule has 3 fully saturated rings. The van der Waals surface area contributed by atoms with E-state index in [1.54, 1.807) is 11.1 Å². The smallest absolute Gasteiger partial charge is 0.318 e. The minimum Gasteiger partial charge on any atom is -0.318 e. The van der Waals surface area contributed by atoms with Crippen LogP contribution in [0.2, 0.25) is 0 Å². The van der Waals surface area contributed by atoms with Crippen LogP contribution in [0.4, 0.5) is 10.5 Å². The zero-order chi connectivity index (χ0) is 15.3. The number of benzene rings is 1. The maximum absolute atomic E-state index is 12.7. The van der Waals surface area contributed by atoms with Crippen LogP contribution < -0.4 is 5.32 Å². The van der Waals surface area contributed by atoms with Crippen LogP contribution in [0.15, 0.2) is 29.3 Å². The summed E-state index contributed by atoms with van der Waals surface area (Å²) >= 11 is 0. The number of fused-ring (bicyclic) bond motifs is 2. The number of rotatable bonds is 1. The molecular formula is C19H24N2O. The Morgan fingerprint density at radius 3 is 2.32 bits per heavy atom. The van der Waals surface area contributed by atoms with Crippen molar-refractivity contribution in [3.63, 3.8) is 0 Å². The van der Waals surface area contributed by atoms with Crippen LogP contribution in [0.1, 0.15) is 49.7 Å². The van der Waals surface area contributed by atoms with Gasteiger partial charge in [0.2, 0.25) is 0 Å². The average Bonchev–Trinajstić information content (AvgIpc) is 3.29. The van der Waals surface area contributed by atoms with Crippen LogP contribution in [0.3, 0.4) is 0 Å². The van der Waals surface area contributed by atoms with Gasteiger partial charge in [-0.25, -0.2) is 4.79 Å². The van der Waals surface area contributed by atoms with E-state index in [1.165, 1.54) is 36.8 Å². The van der Waals surface area contributed by atoms with Gasteiger partial charge in [-0.05, 0) is 75.6 Å². The topological polar surface area (TPSA) is 32.3 Å². The summed E-state index contributed by atoms with van der Waals surface area (Å²) in [6, 6.07) is 7.09.